The maximum absolute atomic E-state index is 12.8. The van der Waals surface area contributed by atoms with Crippen LogP contribution in [0.1, 0.15) is 26.2 Å². The Bertz CT molecular complexity index is 356. The highest BCUT2D eigenvalue weighted by Crippen LogP contribution is 2.33. The van der Waals surface area contributed by atoms with Crippen molar-refractivity contribution in [1.82, 2.24) is 10.2 Å². The monoisotopic (exact) mass is 286 g/mol. The standard InChI is InChI=1S/C13H22N2O3S/c1-13(2-4-14-5-3-13)12(18)15-6-7-19-9-10(15)8-11(16)17/h10,14H,2-9H2,1H3,(H,16,17). The molecule has 0 radical (unpaired) electrons. The van der Waals surface area contributed by atoms with Crippen molar-refractivity contribution >= 4 is 23.6 Å². The van der Waals surface area contributed by atoms with Crippen molar-refractivity contribution in [3.05, 3.63) is 0 Å². The molecule has 2 aliphatic rings. The van der Waals surface area contributed by atoms with Gasteiger partial charge in [-0.2, -0.15) is 11.8 Å². The topological polar surface area (TPSA) is 69.6 Å². The third-order valence-corrected chi connectivity index (χ3v) is 5.21. The fraction of sp³-hybridized carbons (Fsp3) is 0.846. The van der Waals surface area contributed by atoms with Crippen molar-refractivity contribution in [1.29, 1.82) is 0 Å². The summed E-state index contributed by atoms with van der Waals surface area (Å²) in [5, 5.41) is 12.3. The number of aliphatic carboxylic acids is 1. The second-order valence-electron chi connectivity index (χ2n) is 5.64. The number of rotatable bonds is 3. The van der Waals surface area contributed by atoms with Crippen LogP contribution in [0.25, 0.3) is 0 Å². The molecule has 2 saturated heterocycles. The van der Waals surface area contributed by atoms with E-state index >= 15 is 0 Å². The highest BCUT2D eigenvalue weighted by atomic mass is 32.2. The normalized spacial score (nSPS) is 27.0. The van der Waals surface area contributed by atoms with Crippen molar-refractivity contribution in [3.8, 4) is 0 Å². The molecule has 1 unspecified atom stereocenters. The van der Waals surface area contributed by atoms with Crippen LogP contribution < -0.4 is 5.32 Å². The van der Waals surface area contributed by atoms with Gasteiger partial charge in [0, 0.05) is 23.5 Å². The van der Waals surface area contributed by atoms with E-state index in [4.69, 9.17) is 5.11 Å². The van der Waals surface area contributed by atoms with Crippen LogP contribution in [0.3, 0.4) is 0 Å². The molecule has 0 aromatic rings. The Kier molecular flexibility index (Phi) is 4.73. The zero-order valence-electron chi connectivity index (χ0n) is 11.4. The molecule has 2 rings (SSSR count). The molecular weight excluding hydrogens is 264 g/mol. The summed E-state index contributed by atoms with van der Waals surface area (Å²) in [6, 6.07) is -0.143. The minimum atomic E-state index is -0.819. The van der Waals surface area contributed by atoms with E-state index < -0.39 is 5.97 Å². The fourth-order valence-corrected chi connectivity index (χ4v) is 3.89. The smallest absolute Gasteiger partial charge is 0.305 e. The number of carboxylic acids is 1. The molecule has 0 aromatic carbocycles. The lowest BCUT2D eigenvalue weighted by Crippen LogP contribution is -2.54. The lowest BCUT2D eigenvalue weighted by Gasteiger charge is -2.42. The second kappa shape index (κ2) is 6.13. The zero-order chi connectivity index (χ0) is 13.9. The zero-order valence-corrected chi connectivity index (χ0v) is 12.2. The van der Waals surface area contributed by atoms with Crippen molar-refractivity contribution in [2.24, 2.45) is 5.41 Å². The molecule has 0 bridgehead atoms. The maximum atomic E-state index is 12.8. The van der Waals surface area contributed by atoms with Gasteiger partial charge in [0.2, 0.25) is 5.91 Å². The van der Waals surface area contributed by atoms with E-state index in [0.717, 1.165) is 37.4 Å². The first-order valence-corrected chi connectivity index (χ1v) is 8.00. The minimum absolute atomic E-state index is 0.0626. The summed E-state index contributed by atoms with van der Waals surface area (Å²) in [6.45, 7) is 4.45. The number of hydrogen-bond donors (Lipinski definition) is 2. The van der Waals surface area contributed by atoms with Crippen molar-refractivity contribution < 1.29 is 14.7 Å². The Morgan fingerprint density at radius 1 is 1.42 bits per heavy atom. The molecule has 108 valence electrons. The SMILES string of the molecule is CC1(C(=O)N2CCSCC2CC(=O)O)CCNCC1. The molecule has 19 heavy (non-hydrogen) atoms. The number of hydrogen-bond acceptors (Lipinski definition) is 4. The quantitative estimate of drug-likeness (QED) is 0.803. The minimum Gasteiger partial charge on any atom is -0.481 e. The van der Waals surface area contributed by atoms with E-state index in [1.165, 1.54) is 0 Å². The number of piperidine rings is 1. The van der Waals surface area contributed by atoms with Crippen LogP contribution >= 0.6 is 11.8 Å². The Balaban J connectivity index is 2.08. The first-order chi connectivity index (χ1) is 9.03. The average molecular weight is 286 g/mol. The molecule has 2 fully saturated rings. The van der Waals surface area contributed by atoms with Gasteiger partial charge in [0.25, 0.3) is 0 Å². The maximum Gasteiger partial charge on any atom is 0.305 e. The van der Waals surface area contributed by atoms with Gasteiger partial charge in [-0.15, -0.1) is 0 Å². The molecular formula is C13H22N2O3S. The van der Waals surface area contributed by atoms with Gasteiger partial charge >= 0.3 is 5.97 Å². The number of amides is 1. The molecule has 2 heterocycles. The summed E-state index contributed by atoms with van der Waals surface area (Å²) in [7, 11) is 0. The molecule has 0 aromatic heterocycles. The summed E-state index contributed by atoms with van der Waals surface area (Å²) in [6.07, 6.45) is 1.75. The van der Waals surface area contributed by atoms with Gasteiger partial charge in [-0.1, -0.05) is 6.92 Å². The number of carboxylic acid groups (broad SMARTS) is 1. The first-order valence-electron chi connectivity index (χ1n) is 6.84. The Morgan fingerprint density at radius 3 is 2.74 bits per heavy atom. The van der Waals surface area contributed by atoms with Gasteiger partial charge in [0.1, 0.15) is 0 Å². The van der Waals surface area contributed by atoms with Gasteiger partial charge in [-0.3, -0.25) is 9.59 Å². The second-order valence-corrected chi connectivity index (χ2v) is 6.79. The first kappa shape index (κ1) is 14.7. The number of nitrogens with zero attached hydrogens (tertiary/aromatic N) is 1. The average Bonchev–Trinajstić information content (AvgIpc) is 2.39. The van der Waals surface area contributed by atoms with Gasteiger partial charge in [-0.05, 0) is 25.9 Å². The van der Waals surface area contributed by atoms with E-state index in [-0.39, 0.29) is 23.8 Å². The van der Waals surface area contributed by atoms with Gasteiger partial charge < -0.3 is 15.3 Å². The molecule has 5 nitrogen and oxygen atoms in total. The third kappa shape index (κ3) is 3.42. The van der Waals surface area contributed by atoms with Gasteiger partial charge in [-0.25, -0.2) is 0 Å². The van der Waals surface area contributed by atoms with Crippen LogP contribution in [-0.2, 0) is 9.59 Å². The highest BCUT2D eigenvalue weighted by molar-refractivity contribution is 7.99. The molecule has 0 aliphatic carbocycles. The lowest BCUT2D eigenvalue weighted by atomic mass is 9.79. The summed E-state index contributed by atoms with van der Waals surface area (Å²) >= 11 is 1.74. The number of nitrogens with one attached hydrogen (secondary N) is 1. The van der Waals surface area contributed by atoms with Crippen molar-refractivity contribution in [3.63, 3.8) is 0 Å². The Hall–Kier alpha value is -0.750. The molecule has 6 heteroatoms. The molecule has 0 spiro atoms. The Morgan fingerprint density at radius 2 is 2.11 bits per heavy atom. The summed E-state index contributed by atoms with van der Waals surface area (Å²) in [5.41, 5.74) is -0.315. The van der Waals surface area contributed by atoms with Crippen molar-refractivity contribution in [2.75, 3.05) is 31.1 Å². The van der Waals surface area contributed by atoms with Crippen LogP contribution in [0.5, 0.6) is 0 Å². The summed E-state index contributed by atoms with van der Waals surface area (Å²) in [4.78, 5) is 25.5. The Labute approximate surface area is 118 Å². The van der Waals surface area contributed by atoms with E-state index in [0.29, 0.717) is 6.54 Å². The van der Waals surface area contributed by atoms with E-state index in [2.05, 4.69) is 5.32 Å². The number of carbonyl (C=O) groups excluding carboxylic acids is 1. The van der Waals surface area contributed by atoms with Crippen LogP contribution in [0.2, 0.25) is 0 Å². The van der Waals surface area contributed by atoms with Crippen LogP contribution in [0.4, 0.5) is 0 Å². The van der Waals surface area contributed by atoms with Crippen molar-refractivity contribution in [2.45, 2.75) is 32.2 Å². The largest absolute Gasteiger partial charge is 0.481 e. The van der Waals surface area contributed by atoms with E-state index in [9.17, 15) is 9.59 Å². The van der Waals surface area contributed by atoms with Crippen LogP contribution in [-0.4, -0.2) is 59.1 Å². The fourth-order valence-electron chi connectivity index (χ4n) is 2.83. The molecule has 1 atom stereocenters. The summed E-state index contributed by atoms with van der Waals surface area (Å²) < 4.78 is 0. The summed E-state index contributed by atoms with van der Waals surface area (Å²) in [5.74, 6) is 0.990. The lowest BCUT2D eigenvalue weighted by molar-refractivity contribution is -0.147. The van der Waals surface area contributed by atoms with Gasteiger partial charge in [0.05, 0.1) is 12.5 Å². The molecule has 1 amide bonds. The third-order valence-electron chi connectivity index (χ3n) is 4.12. The number of thioether (sulfide) groups is 1. The van der Waals surface area contributed by atoms with Crippen LogP contribution in [0, 0.1) is 5.41 Å². The van der Waals surface area contributed by atoms with E-state index in [1.54, 1.807) is 11.8 Å². The predicted octanol–water partition coefficient (Wildman–Crippen LogP) is 0.795. The number of carbonyl (C=O) groups is 2. The molecule has 0 saturated carbocycles. The van der Waals surface area contributed by atoms with E-state index in [1.807, 2.05) is 11.8 Å². The van der Waals surface area contributed by atoms with Crippen LogP contribution in [0.15, 0.2) is 0 Å². The van der Waals surface area contributed by atoms with Gasteiger partial charge in [0.15, 0.2) is 0 Å². The highest BCUT2D eigenvalue weighted by Gasteiger charge is 2.41. The molecule has 2 aliphatic heterocycles. The predicted molar refractivity (Wildman–Crippen MR) is 75.3 cm³/mol. The molecule has 2 N–H and O–H groups in total.